The van der Waals surface area contributed by atoms with Gasteiger partial charge < -0.3 is 28.5 Å². The fourth-order valence-electron chi connectivity index (χ4n) is 6.71. The van der Waals surface area contributed by atoms with Crippen molar-refractivity contribution in [2.75, 3.05) is 54.1 Å². The summed E-state index contributed by atoms with van der Waals surface area (Å²) in [4.78, 5) is 25.2. The molecule has 0 saturated heterocycles. The van der Waals surface area contributed by atoms with E-state index in [0.717, 1.165) is 32.1 Å². The number of hydrogen-bond donors (Lipinski definition) is 1. The third kappa shape index (κ3) is 42.5. The van der Waals surface area contributed by atoms with Crippen molar-refractivity contribution in [3.8, 4) is 0 Å². The molecule has 2 atom stereocenters. The standard InChI is InChI=1S/C44H91N2O6P/c1-6-8-10-12-14-16-18-20-21-22-23-24-26-28-30-32-34-36-39-50-42-43(52-53(48,49)51-40-38-46(3,4)5)41-45-44(47)37-35-33-31-29-27-25-19-17-15-13-11-9-7-2/h43H,6-42H2,1-5H3,(H-,45,47,48,49). The van der Waals surface area contributed by atoms with Crippen molar-refractivity contribution in [1.82, 2.24) is 5.32 Å². The number of hydrogen-bond acceptors (Lipinski definition) is 6. The minimum atomic E-state index is -4.53. The number of amides is 1. The van der Waals surface area contributed by atoms with E-state index in [9.17, 15) is 14.3 Å². The maximum atomic E-state index is 12.6. The van der Waals surface area contributed by atoms with Gasteiger partial charge in [0.15, 0.2) is 0 Å². The Morgan fingerprint density at radius 3 is 1.30 bits per heavy atom. The summed E-state index contributed by atoms with van der Waals surface area (Å²) in [5.74, 6) is -0.0724. The Morgan fingerprint density at radius 2 is 0.925 bits per heavy atom. The van der Waals surface area contributed by atoms with Gasteiger partial charge in [0.2, 0.25) is 5.91 Å². The lowest BCUT2D eigenvalue weighted by Gasteiger charge is -2.30. The molecule has 0 aromatic heterocycles. The predicted octanol–water partition coefficient (Wildman–Crippen LogP) is 12.2. The molecule has 0 aromatic rings. The zero-order valence-electron chi connectivity index (χ0n) is 36.1. The van der Waals surface area contributed by atoms with Crippen LogP contribution in [0.1, 0.15) is 219 Å². The van der Waals surface area contributed by atoms with Crippen LogP contribution < -0.4 is 10.2 Å². The molecule has 0 saturated carbocycles. The highest BCUT2D eigenvalue weighted by Crippen LogP contribution is 2.39. The second-order valence-corrected chi connectivity index (χ2v) is 18.3. The number of nitrogens with zero attached hydrogens (tertiary/aromatic N) is 1. The molecule has 0 fully saturated rings. The first-order valence-corrected chi connectivity index (χ1v) is 24.3. The van der Waals surface area contributed by atoms with Crippen LogP contribution in [-0.2, 0) is 23.1 Å². The summed E-state index contributed by atoms with van der Waals surface area (Å²) in [5.41, 5.74) is 0. The van der Waals surface area contributed by atoms with E-state index in [-0.39, 0.29) is 25.7 Å². The second-order valence-electron chi connectivity index (χ2n) is 16.9. The molecule has 1 N–H and O–H groups in total. The molecule has 0 bridgehead atoms. The largest absolute Gasteiger partial charge is 0.756 e. The molecule has 0 aliphatic heterocycles. The van der Waals surface area contributed by atoms with E-state index in [1.54, 1.807) is 0 Å². The first kappa shape index (κ1) is 52.5. The Morgan fingerprint density at radius 1 is 0.566 bits per heavy atom. The molecule has 9 heteroatoms. The number of carbonyl (C=O) groups excluding carboxylic acids is 1. The quantitative estimate of drug-likeness (QED) is 0.0376. The fourth-order valence-corrected chi connectivity index (χ4v) is 7.57. The normalized spacial score (nSPS) is 13.7. The SMILES string of the molecule is CCCCCCCCCCCCCCCCCCCCOCC(CNC(=O)CCCCCCCCCCCCCCC)OP(=O)([O-])OCC[N+](C)(C)C. The van der Waals surface area contributed by atoms with E-state index in [1.165, 1.54) is 167 Å². The number of unbranched alkanes of at least 4 members (excludes halogenated alkanes) is 29. The number of ether oxygens (including phenoxy) is 1. The molecule has 0 aliphatic rings. The van der Waals surface area contributed by atoms with E-state index in [0.29, 0.717) is 24.1 Å². The summed E-state index contributed by atoms with van der Waals surface area (Å²) in [6.07, 6.45) is 40.0. The van der Waals surface area contributed by atoms with Gasteiger partial charge in [0.25, 0.3) is 7.82 Å². The van der Waals surface area contributed by atoms with Gasteiger partial charge in [-0.05, 0) is 12.8 Å². The minimum Gasteiger partial charge on any atom is -0.756 e. The van der Waals surface area contributed by atoms with Crippen molar-refractivity contribution in [2.24, 2.45) is 0 Å². The smallest absolute Gasteiger partial charge is 0.268 e. The van der Waals surface area contributed by atoms with Crippen LogP contribution in [0.2, 0.25) is 0 Å². The Kier molecular flexibility index (Phi) is 38.0. The molecule has 0 spiro atoms. The molecule has 0 radical (unpaired) electrons. The molecule has 53 heavy (non-hydrogen) atoms. The molecule has 0 heterocycles. The third-order valence-corrected chi connectivity index (χ3v) is 11.3. The number of phosphoric acid groups is 1. The van der Waals surface area contributed by atoms with Gasteiger partial charge in [0.05, 0.1) is 27.7 Å². The predicted molar refractivity (Wildman–Crippen MR) is 224 cm³/mol. The zero-order chi connectivity index (χ0) is 39.1. The van der Waals surface area contributed by atoms with Crippen LogP contribution in [-0.4, -0.2) is 70.5 Å². The zero-order valence-corrected chi connectivity index (χ0v) is 37.0. The Hall–Kier alpha value is -0.500. The Balaban J connectivity index is 4.11. The van der Waals surface area contributed by atoms with Gasteiger partial charge in [0.1, 0.15) is 19.3 Å². The number of quaternary nitrogens is 1. The van der Waals surface area contributed by atoms with Crippen LogP contribution in [0.5, 0.6) is 0 Å². The van der Waals surface area contributed by atoms with Crippen molar-refractivity contribution >= 4 is 13.7 Å². The number of phosphoric ester groups is 1. The van der Waals surface area contributed by atoms with Gasteiger partial charge in [-0.2, -0.15) is 0 Å². The first-order valence-electron chi connectivity index (χ1n) is 22.9. The van der Waals surface area contributed by atoms with E-state index >= 15 is 0 Å². The average molecular weight is 775 g/mol. The van der Waals surface area contributed by atoms with Crippen LogP contribution in [0.4, 0.5) is 0 Å². The van der Waals surface area contributed by atoms with Crippen molar-refractivity contribution in [3.05, 3.63) is 0 Å². The summed E-state index contributed by atoms with van der Waals surface area (Å²) in [7, 11) is 1.39. The summed E-state index contributed by atoms with van der Waals surface area (Å²) in [6, 6.07) is 0. The van der Waals surface area contributed by atoms with Crippen LogP contribution >= 0.6 is 7.82 Å². The number of likely N-dealkylation sites (N-methyl/N-ethyl adjacent to an activating group) is 1. The summed E-state index contributed by atoms with van der Waals surface area (Å²) in [5, 5.41) is 2.88. The molecule has 0 aromatic carbocycles. The molecule has 8 nitrogen and oxygen atoms in total. The van der Waals surface area contributed by atoms with Crippen molar-refractivity contribution in [1.29, 1.82) is 0 Å². The van der Waals surface area contributed by atoms with Gasteiger partial charge >= 0.3 is 0 Å². The molecule has 318 valence electrons. The van der Waals surface area contributed by atoms with Gasteiger partial charge in [-0.1, -0.05) is 200 Å². The molecule has 0 aliphatic carbocycles. The summed E-state index contributed by atoms with van der Waals surface area (Å²) in [6.45, 7) is 5.86. The first-order chi connectivity index (χ1) is 25.6. The highest BCUT2D eigenvalue weighted by Gasteiger charge is 2.21. The van der Waals surface area contributed by atoms with Crippen LogP contribution in [0.15, 0.2) is 0 Å². The number of nitrogens with one attached hydrogen (secondary N) is 1. The van der Waals surface area contributed by atoms with Crippen LogP contribution in [0.3, 0.4) is 0 Å². The Labute approximate surface area is 330 Å². The van der Waals surface area contributed by atoms with E-state index < -0.39 is 13.9 Å². The van der Waals surface area contributed by atoms with Crippen molar-refractivity contribution in [3.63, 3.8) is 0 Å². The monoisotopic (exact) mass is 775 g/mol. The maximum absolute atomic E-state index is 12.6. The van der Waals surface area contributed by atoms with Gasteiger partial charge in [0, 0.05) is 19.6 Å². The van der Waals surface area contributed by atoms with E-state index in [1.807, 2.05) is 21.1 Å². The highest BCUT2D eigenvalue weighted by atomic mass is 31.2. The maximum Gasteiger partial charge on any atom is 0.268 e. The lowest BCUT2D eigenvalue weighted by Crippen LogP contribution is -2.39. The van der Waals surface area contributed by atoms with E-state index in [2.05, 4.69) is 19.2 Å². The fraction of sp³-hybridized carbons (Fsp3) is 0.977. The average Bonchev–Trinajstić information content (AvgIpc) is 3.10. The summed E-state index contributed by atoms with van der Waals surface area (Å²) < 4.78 is 29.6. The van der Waals surface area contributed by atoms with Gasteiger partial charge in [-0.25, -0.2) is 0 Å². The molecule has 1 amide bonds. The van der Waals surface area contributed by atoms with Crippen molar-refractivity contribution in [2.45, 2.75) is 225 Å². The third-order valence-electron chi connectivity index (χ3n) is 10.3. The molecular formula is C44H91N2O6P. The van der Waals surface area contributed by atoms with Crippen molar-refractivity contribution < 1.29 is 32.5 Å². The van der Waals surface area contributed by atoms with Gasteiger partial charge in [-0.3, -0.25) is 9.36 Å². The van der Waals surface area contributed by atoms with Crippen LogP contribution in [0, 0.1) is 0 Å². The lowest BCUT2D eigenvalue weighted by atomic mass is 10.0. The number of rotatable bonds is 43. The topological polar surface area (TPSA) is 96.9 Å². The Bertz CT molecular complexity index is 824. The van der Waals surface area contributed by atoms with Gasteiger partial charge in [-0.15, -0.1) is 0 Å². The minimum absolute atomic E-state index is 0.0442. The van der Waals surface area contributed by atoms with E-state index in [4.69, 9.17) is 13.8 Å². The molecular weight excluding hydrogens is 683 g/mol. The molecule has 2 unspecified atom stereocenters. The van der Waals surface area contributed by atoms with Crippen LogP contribution in [0.25, 0.3) is 0 Å². The number of carbonyl (C=O) groups is 1. The lowest BCUT2D eigenvalue weighted by molar-refractivity contribution is -0.870. The second kappa shape index (κ2) is 38.4. The molecule has 0 rings (SSSR count). The highest BCUT2D eigenvalue weighted by molar-refractivity contribution is 7.45. The summed E-state index contributed by atoms with van der Waals surface area (Å²) >= 11 is 0.